The van der Waals surface area contributed by atoms with Crippen LogP contribution in [0.3, 0.4) is 0 Å². The van der Waals surface area contributed by atoms with Gasteiger partial charge in [0.25, 0.3) is 0 Å². The van der Waals surface area contributed by atoms with Crippen molar-refractivity contribution in [2.24, 2.45) is 0 Å². The molecule has 0 saturated carbocycles. The maximum atomic E-state index is 10.9. The van der Waals surface area contributed by atoms with Gasteiger partial charge in [-0.15, -0.1) is 0 Å². The van der Waals surface area contributed by atoms with E-state index in [0.717, 1.165) is 0 Å². The Morgan fingerprint density at radius 1 is 0.875 bits per heavy atom. The van der Waals surface area contributed by atoms with Crippen LogP contribution in [0.2, 0.25) is 0 Å². The number of para-hydroxylation sites is 1. The fourth-order valence-corrected chi connectivity index (χ4v) is 1.45. The predicted octanol–water partition coefficient (Wildman–Crippen LogP) is -5.07. The first-order valence-corrected chi connectivity index (χ1v) is 5.94. The van der Waals surface area contributed by atoms with Crippen molar-refractivity contribution in [1.82, 2.24) is 0 Å². The molecule has 0 heterocycles. The minimum Gasteiger partial charge on any atom is -0.872 e. The van der Waals surface area contributed by atoms with Crippen LogP contribution in [0.15, 0.2) is 42.5 Å². The van der Waals surface area contributed by atoms with Crippen LogP contribution in [-0.2, 0) is 0 Å². The van der Waals surface area contributed by atoms with E-state index >= 15 is 0 Å². The van der Waals surface area contributed by atoms with Gasteiger partial charge in [-0.1, -0.05) is 35.8 Å². The van der Waals surface area contributed by atoms with Gasteiger partial charge in [-0.3, -0.25) is 0 Å². The smallest absolute Gasteiger partial charge is 0.872 e. The third-order valence-electron chi connectivity index (χ3n) is 2.53. The largest absolute Gasteiger partial charge is 1.00 e. The van der Waals surface area contributed by atoms with E-state index in [-0.39, 0.29) is 70.2 Å². The normalized spacial score (nSPS) is 8.54. The molecular weight excluding hydrogens is 338 g/mol. The summed E-state index contributed by atoms with van der Waals surface area (Å²) >= 11 is 0. The van der Waals surface area contributed by atoms with Gasteiger partial charge in [0, 0.05) is 0 Å². The molecule has 0 bridgehead atoms. The summed E-state index contributed by atoms with van der Waals surface area (Å²) in [4.78, 5) is 20.7. The first kappa shape index (κ1) is 25.0. The van der Waals surface area contributed by atoms with Crippen molar-refractivity contribution in [2.45, 2.75) is 0 Å². The molecule has 0 aliphatic heterocycles. The zero-order chi connectivity index (χ0) is 16.7. The first-order valence-electron chi connectivity index (χ1n) is 5.94. The van der Waals surface area contributed by atoms with Crippen molar-refractivity contribution in [1.29, 1.82) is 0 Å². The summed E-state index contributed by atoms with van der Waals surface area (Å²) in [6.45, 7) is 0. The van der Waals surface area contributed by atoms with E-state index in [1.54, 1.807) is 0 Å². The van der Waals surface area contributed by atoms with Gasteiger partial charge in [-0.2, -0.15) is 0 Å². The zero-order valence-electron chi connectivity index (χ0n) is 13.5. The number of methoxy groups -OCH3 is 1. The van der Waals surface area contributed by atoms with E-state index in [9.17, 15) is 19.8 Å². The molecule has 0 aliphatic carbocycles. The molecule has 24 heavy (non-hydrogen) atoms. The monoisotopic (exact) mass is 350 g/mol. The van der Waals surface area contributed by atoms with Crippen molar-refractivity contribution in [3.05, 3.63) is 53.6 Å². The SMILES string of the molecule is COc1ccc([O-])c(C(=O)O)c1.O=C(O)c1ccccc1[O-].[Na+].[Na+]. The first-order chi connectivity index (χ1) is 10.4. The van der Waals surface area contributed by atoms with E-state index in [1.807, 2.05) is 0 Å². The maximum Gasteiger partial charge on any atom is 1.00 e. The number of carboxylic acids is 2. The van der Waals surface area contributed by atoms with Crippen molar-refractivity contribution < 1.29 is 93.9 Å². The van der Waals surface area contributed by atoms with Gasteiger partial charge in [0.15, 0.2) is 0 Å². The molecule has 0 aliphatic rings. The van der Waals surface area contributed by atoms with Gasteiger partial charge in [0.05, 0.1) is 18.2 Å². The van der Waals surface area contributed by atoms with Gasteiger partial charge in [0.1, 0.15) is 5.75 Å². The molecule has 0 atom stereocenters. The molecular formula is C15H12Na2O7. The zero-order valence-corrected chi connectivity index (χ0v) is 17.5. The fraction of sp³-hybridized carbons (Fsp3) is 0.0667. The van der Waals surface area contributed by atoms with Crippen LogP contribution >= 0.6 is 0 Å². The Bertz CT molecular complexity index is 689. The Hall–Kier alpha value is -1.22. The Balaban J connectivity index is 0. The van der Waals surface area contributed by atoms with E-state index in [0.29, 0.717) is 5.75 Å². The number of carboxylic acid groups (broad SMARTS) is 2. The average molecular weight is 350 g/mol. The van der Waals surface area contributed by atoms with Gasteiger partial charge in [-0.25, -0.2) is 9.59 Å². The Kier molecular flexibility index (Phi) is 12.7. The number of hydrogen-bond acceptors (Lipinski definition) is 5. The van der Waals surface area contributed by atoms with Crippen LogP contribution in [0.5, 0.6) is 17.2 Å². The molecule has 2 aromatic rings. The van der Waals surface area contributed by atoms with Crippen LogP contribution in [0.1, 0.15) is 20.7 Å². The third-order valence-corrected chi connectivity index (χ3v) is 2.53. The molecule has 2 aromatic carbocycles. The summed E-state index contributed by atoms with van der Waals surface area (Å²) in [5, 5.41) is 38.5. The van der Waals surface area contributed by atoms with Crippen LogP contribution < -0.4 is 74.1 Å². The fourth-order valence-electron chi connectivity index (χ4n) is 1.45. The van der Waals surface area contributed by atoms with Crippen LogP contribution in [-0.4, -0.2) is 29.3 Å². The van der Waals surface area contributed by atoms with Crippen LogP contribution in [0, 0.1) is 0 Å². The summed E-state index contributed by atoms with van der Waals surface area (Å²) in [5.41, 5.74) is -0.447. The number of hydrogen-bond donors (Lipinski definition) is 2. The molecule has 0 unspecified atom stereocenters. The molecule has 0 radical (unpaired) electrons. The molecule has 0 aromatic heterocycles. The predicted molar refractivity (Wildman–Crippen MR) is 72.2 cm³/mol. The molecule has 2 rings (SSSR count). The summed E-state index contributed by atoms with van der Waals surface area (Å²) in [5.74, 6) is -3.00. The summed E-state index contributed by atoms with van der Waals surface area (Å²) < 4.78 is 4.76. The molecule has 0 saturated heterocycles. The summed E-state index contributed by atoms with van der Waals surface area (Å²) in [6, 6.07) is 9.33. The molecule has 116 valence electrons. The second-order valence-corrected chi connectivity index (χ2v) is 3.97. The molecule has 0 amide bonds. The maximum absolute atomic E-state index is 10.9. The molecule has 7 nitrogen and oxygen atoms in total. The molecule has 2 N–H and O–H groups in total. The second kappa shape index (κ2) is 12.2. The molecule has 9 heteroatoms. The third kappa shape index (κ3) is 7.57. The van der Waals surface area contributed by atoms with Crippen molar-refractivity contribution in [3.8, 4) is 17.2 Å². The van der Waals surface area contributed by atoms with Gasteiger partial charge < -0.3 is 25.2 Å². The minimum absolute atomic E-state index is 0. The van der Waals surface area contributed by atoms with Crippen molar-refractivity contribution in [2.75, 3.05) is 7.11 Å². The minimum atomic E-state index is -1.24. The van der Waals surface area contributed by atoms with Crippen molar-refractivity contribution >= 4 is 11.9 Å². The number of ether oxygens (including phenoxy) is 1. The summed E-state index contributed by atoms with van der Waals surface area (Å²) in [6.07, 6.45) is 0. The van der Waals surface area contributed by atoms with E-state index in [4.69, 9.17) is 14.9 Å². The standard InChI is InChI=1S/C8H8O4.C7H6O3.2Na/c1-12-5-2-3-7(9)6(4-5)8(10)11;8-6-4-2-1-3-5(6)7(9)10;;/h2-4,9H,1H3,(H,10,11);1-4,8H,(H,9,10);;/q;;2*+1/p-2. The van der Waals surface area contributed by atoms with Crippen molar-refractivity contribution in [3.63, 3.8) is 0 Å². The number of aromatic carboxylic acids is 2. The number of rotatable bonds is 3. The average Bonchev–Trinajstić information content (AvgIpc) is 2.48. The topological polar surface area (TPSA) is 130 Å². The number of benzene rings is 2. The van der Waals surface area contributed by atoms with Gasteiger partial charge in [-0.05, 0) is 18.2 Å². The Morgan fingerprint density at radius 2 is 1.38 bits per heavy atom. The second-order valence-electron chi connectivity index (χ2n) is 3.97. The van der Waals surface area contributed by atoms with Crippen LogP contribution in [0.4, 0.5) is 0 Å². The van der Waals surface area contributed by atoms with Crippen LogP contribution in [0.25, 0.3) is 0 Å². The molecule has 0 fully saturated rings. The van der Waals surface area contributed by atoms with Gasteiger partial charge >= 0.3 is 71.1 Å². The number of carbonyl (C=O) groups is 2. The summed E-state index contributed by atoms with van der Waals surface area (Å²) in [7, 11) is 1.41. The van der Waals surface area contributed by atoms with E-state index in [2.05, 4.69) is 0 Å². The van der Waals surface area contributed by atoms with E-state index in [1.165, 1.54) is 49.6 Å². The Labute approximate surface area is 182 Å². The Morgan fingerprint density at radius 3 is 1.79 bits per heavy atom. The van der Waals surface area contributed by atoms with E-state index < -0.39 is 23.4 Å². The molecule has 0 spiro atoms. The quantitative estimate of drug-likeness (QED) is 0.530. The van der Waals surface area contributed by atoms with Gasteiger partial charge in [0.2, 0.25) is 0 Å².